The summed E-state index contributed by atoms with van der Waals surface area (Å²) in [4.78, 5) is 16.4. The van der Waals surface area contributed by atoms with E-state index in [1.807, 2.05) is 0 Å². The summed E-state index contributed by atoms with van der Waals surface area (Å²) >= 11 is 7.77. The van der Waals surface area contributed by atoms with Crippen LogP contribution in [0, 0.1) is 6.92 Å². The van der Waals surface area contributed by atoms with Gasteiger partial charge >= 0.3 is 5.97 Å². The van der Waals surface area contributed by atoms with E-state index in [9.17, 15) is 18.3 Å². The lowest BCUT2D eigenvalue weighted by Gasteiger charge is -2.16. The zero-order valence-corrected chi connectivity index (χ0v) is 19.0. The highest BCUT2D eigenvalue weighted by Crippen LogP contribution is 2.31. The van der Waals surface area contributed by atoms with Crippen LogP contribution in [0.1, 0.15) is 27.7 Å². The molecule has 3 rings (SSSR count). The van der Waals surface area contributed by atoms with Crippen molar-refractivity contribution >= 4 is 66.9 Å². The van der Waals surface area contributed by atoms with Gasteiger partial charge in [-0.25, -0.2) is 13.2 Å². The van der Waals surface area contributed by atoms with Gasteiger partial charge < -0.3 is 9.84 Å². The number of thiophene rings is 2. The van der Waals surface area contributed by atoms with Crippen molar-refractivity contribution in [3.8, 4) is 0 Å². The normalized spacial score (nSPS) is 12.0. The molecule has 0 aliphatic carbocycles. The third-order valence-electron chi connectivity index (χ3n) is 3.79. The van der Waals surface area contributed by atoms with Crippen LogP contribution in [0.25, 0.3) is 0 Å². The van der Waals surface area contributed by atoms with Crippen LogP contribution >= 0.6 is 34.3 Å². The summed E-state index contributed by atoms with van der Waals surface area (Å²) in [5.41, 5.74) is 0.815. The quantitative estimate of drug-likeness (QED) is 0.308. The number of aliphatic imine (C=N–C) groups is 1. The second-order valence-electron chi connectivity index (χ2n) is 5.94. The van der Waals surface area contributed by atoms with Crippen molar-refractivity contribution in [2.45, 2.75) is 18.1 Å². The van der Waals surface area contributed by atoms with Crippen LogP contribution < -0.4 is 9.83 Å². The summed E-state index contributed by atoms with van der Waals surface area (Å²) in [6, 6.07) is 10.6. The third kappa shape index (κ3) is 5.01. The predicted octanol–water partition coefficient (Wildman–Crippen LogP) is 4.19. The molecule has 30 heavy (non-hydrogen) atoms. The summed E-state index contributed by atoms with van der Waals surface area (Å²) < 4.78 is 32.9. The van der Waals surface area contributed by atoms with Crippen LogP contribution in [0.5, 0.6) is 0 Å². The van der Waals surface area contributed by atoms with E-state index in [2.05, 4.69) is 9.71 Å². The van der Waals surface area contributed by atoms with Crippen molar-refractivity contribution in [2.24, 2.45) is 4.99 Å². The van der Waals surface area contributed by atoms with E-state index >= 15 is 0 Å². The molecule has 2 aromatic heterocycles. The maximum Gasteiger partial charge on any atom is 0.348 e. The number of rotatable bonds is 7. The minimum atomic E-state index is -3.91. The van der Waals surface area contributed by atoms with Gasteiger partial charge in [0, 0.05) is 5.56 Å². The Morgan fingerprint density at radius 2 is 1.97 bits per heavy atom. The van der Waals surface area contributed by atoms with Crippen molar-refractivity contribution < 1.29 is 23.1 Å². The van der Waals surface area contributed by atoms with Gasteiger partial charge in [-0.15, -0.1) is 22.7 Å². The van der Waals surface area contributed by atoms with Gasteiger partial charge in [-0.05, 0) is 49.6 Å². The number of aryl methyl sites for hydroxylation is 1. The number of esters is 1. The summed E-state index contributed by atoms with van der Waals surface area (Å²) in [5.74, 6) is -1.12. The second-order valence-corrected chi connectivity index (χ2v) is 10.6. The average molecular weight is 484 g/mol. The highest BCUT2D eigenvalue weighted by atomic mass is 35.5. The minimum Gasteiger partial charge on any atom is -0.858 e. The molecule has 0 fully saturated rings. The second kappa shape index (κ2) is 9.17. The van der Waals surface area contributed by atoms with Crippen LogP contribution in [-0.4, -0.2) is 26.9 Å². The van der Waals surface area contributed by atoms with Gasteiger partial charge in [-0.2, -0.15) is 0 Å². The van der Waals surface area contributed by atoms with Crippen LogP contribution in [0.4, 0.5) is 10.7 Å². The van der Waals surface area contributed by atoms with Gasteiger partial charge in [-0.3, -0.25) is 9.71 Å². The lowest BCUT2D eigenvalue weighted by molar-refractivity contribution is -0.212. The van der Waals surface area contributed by atoms with Crippen LogP contribution in [0.3, 0.4) is 0 Å². The monoisotopic (exact) mass is 483 g/mol. The number of nitrogens with one attached hydrogen (secondary N) is 1. The summed E-state index contributed by atoms with van der Waals surface area (Å²) in [7, 11) is -3.91. The zero-order chi connectivity index (χ0) is 21.9. The number of carbonyl (C=O) groups is 1. The van der Waals surface area contributed by atoms with Crippen molar-refractivity contribution in [3.05, 3.63) is 62.8 Å². The van der Waals surface area contributed by atoms with Gasteiger partial charge in [0.2, 0.25) is 0 Å². The van der Waals surface area contributed by atoms with Crippen molar-refractivity contribution in [1.29, 1.82) is 0 Å². The number of carbonyl (C=O) groups excluding carboxylic acids is 1. The predicted molar refractivity (Wildman–Crippen MR) is 118 cm³/mol. The van der Waals surface area contributed by atoms with E-state index in [1.165, 1.54) is 24.3 Å². The molecule has 158 valence electrons. The standard InChI is InChI=1S/C19H17ClN2O5S3/c1-3-27-19(24)17-11(2)10-15(29-17)21-18(23)12-6-4-5-7-13(12)22-30(25,26)16-9-8-14(20)28-16/h4-10,22H,3H2,1-2H3,(H,21,23)/p-1. The van der Waals surface area contributed by atoms with Gasteiger partial charge in [0.15, 0.2) is 0 Å². The first-order chi connectivity index (χ1) is 14.2. The summed E-state index contributed by atoms with van der Waals surface area (Å²) in [6.07, 6.45) is 0. The number of halogens is 1. The van der Waals surface area contributed by atoms with E-state index < -0.39 is 21.9 Å². The number of para-hydroxylation sites is 1. The lowest BCUT2D eigenvalue weighted by Crippen LogP contribution is -2.22. The molecule has 2 heterocycles. The molecule has 0 radical (unpaired) electrons. The Morgan fingerprint density at radius 1 is 1.23 bits per heavy atom. The molecule has 0 saturated heterocycles. The molecule has 0 bridgehead atoms. The molecule has 1 aromatic carbocycles. The van der Waals surface area contributed by atoms with Crippen LogP contribution in [-0.2, 0) is 14.8 Å². The number of hydrogen-bond acceptors (Lipinski definition) is 8. The Morgan fingerprint density at radius 3 is 2.63 bits per heavy atom. The molecule has 0 atom stereocenters. The van der Waals surface area contributed by atoms with Gasteiger partial charge in [0.25, 0.3) is 10.0 Å². The molecule has 0 spiro atoms. The number of hydrogen-bond donors (Lipinski definition) is 1. The summed E-state index contributed by atoms with van der Waals surface area (Å²) in [6.45, 7) is 3.67. The summed E-state index contributed by atoms with van der Waals surface area (Å²) in [5, 5.41) is 13.1. The fraction of sp³-hybridized carbons (Fsp3) is 0.158. The topological polar surface area (TPSA) is 108 Å². The maximum absolute atomic E-state index is 12.7. The zero-order valence-electron chi connectivity index (χ0n) is 15.8. The van der Waals surface area contributed by atoms with E-state index in [1.54, 1.807) is 32.0 Å². The molecule has 0 aliphatic rings. The Kier molecular flexibility index (Phi) is 6.81. The van der Waals surface area contributed by atoms with E-state index in [0.717, 1.165) is 22.7 Å². The van der Waals surface area contributed by atoms with Crippen LogP contribution in [0.15, 0.2) is 51.7 Å². The highest BCUT2D eigenvalue weighted by molar-refractivity contribution is 7.94. The Labute approximate surface area is 186 Å². The smallest absolute Gasteiger partial charge is 0.348 e. The largest absolute Gasteiger partial charge is 0.858 e. The fourth-order valence-electron chi connectivity index (χ4n) is 2.48. The number of sulfonamides is 1. The number of nitrogens with zero attached hydrogens (tertiary/aromatic N) is 1. The average Bonchev–Trinajstić information content (AvgIpc) is 3.28. The lowest BCUT2D eigenvalue weighted by atomic mass is 10.2. The highest BCUT2D eigenvalue weighted by Gasteiger charge is 2.19. The van der Waals surface area contributed by atoms with Crippen molar-refractivity contribution in [2.75, 3.05) is 11.3 Å². The molecule has 3 aromatic rings. The van der Waals surface area contributed by atoms with Gasteiger partial charge in [-0.1, -0.05) is 29.8 Å². The van der Waals surface area contributed by atoms with Crippen LogP contribution in [0.2, 0.25) is 4.34 Å². The Balaban J connectivity index is 1.92. The molecule has 7 nitrogen and oxygen atoms in total. The minimum absolute atomic E-state index is 0.0275. The molecule has 1 N–H and O–H groups in total. The molecular formula is C19H16ClN2O5S3-. The first-order valence-electron chi connectivity index (χ1n) is 8.62. The number of anilines is 1. The van der Waals surface area contributed by atoms with E-state index in [-0.39, 0.29) is 22.1 Å². The van der Waals surface area contributed by atoms with E-state index in [4.69, 9.17) is 16.3 Å². The SMILES string of the molecule is CCOC(=O)c1sc(/N=C(\[O-])c2ccccc2NS(=O)(=O)c2ccc(Cl)s2)cc1C. The Hall–Kier alpha value is -2.40. The van der Waals surface area contributed by atoms with Gasteiger partial charge in [0.05, 0.1) is 16.6 Å². The number of benzene rings is 1. The van der Waals surface area contributed by atoms with Crippen molar-refractivity contribution in [3.63, 3.8) is 0 Å². The molecule has 11 heteroatoms. The first-order valence-corrected chi connectivity index (χ1v) is 12.1. The molecule has 0 aliphatic heterocycles. The van der Waals surface area contributed by atoms with Crippen molar-refractivity contribution in [1.82, 2.24) is 0 Å². The molecule has 0 unspecified atom stereocenters. The first kappa shape index (κ1) is 22.3. The third-order valence-corrected chi connectivity index (χ3v) is 7.99. The fourth-order valence-corrected chi connectivity index (χ4v) is 5.97. The Bertz CT molecular complexity index is 1210. The molecule has 0 saturated carbocycles. The number of ether oxygens (including phenoxy) is 1. The maximum atomic E-state index is 12.7. The molecular weight excluding hydrogens is 468 g/mol. The van der Waals surface area contributed by atoms with Gasteiger partial charge in [0.1, 0.15) is 14.1 Å². The molecule has 0 amide bonds. The van der Waals surface area contributed by atoms with E-state index in [0.29, 0.717) is 19.8 Å².